The van der Waals surface area contributed by atoms with E-state index in [1.807, 2.05) is 24.3 Å². The van der Waals surface area contributed by atoms with Gasteiger partial charge in [0.1, 0.15) is 5.75 Å². The smallest absolute Gasteiger partial charge is 0.183 e. The molecule has 1 aromatic carbocycles. The molecule has 2 rings (SSSR count). The van der Waals surface area contributed by atoms with Crippen LogP contribution in [0, 0.1) is 0 Å². The van der Waals surface area contributed by atoms with Crippen molar-refractivity contribution < 1.29 is 4.74 Å². The zero-order valence-electron chi connectivity index (χ0n) is 14.4. The molecule has 0 saturated heterocycles. The highest BCUT2D eigenvalue weighted by Crippen LogP contribution is 2.20. The maximum atomic E-state index is 5.83. The fraction of sp³-hybridized carbons (Fsp3) is 0.526. The Morgan fingerprint density at radius 2 is 1.75 bits per heavy atom. The largest absolute Gasteiger partial charge is 0.494 e. The van der Waals surface area contributed by atoms with Crippen LogP contribution in [0.2, 0.25) is 4.47 Å². The van der Waals surface area contributed by atoms with Crippen LogP contribution in [0.25, 0.3) is 0 Å². The first-order valence-corrected chi connectivity index (χ1v) is 10.0. The van der Waals surface area contributed by atoms with Gasteiger partial charge >= 0.3 is 0 Å². The number of hydrogen-bond donors (Lipinski definition) is 1. The predicted octanol–water partition coefficient (Wildman–Crippen LogP) is 6.54. The van der Waals surface area contributed by atoms with Gasteiger partial charge in [0.25, 0.3) is 0 Å². The Labute approximate surface area is 154 Å². The van der Waals surface area contributed by atoms with E-state index >= 15 is 0 Å². The summed E-state index contributed by atoms with van der Waals surface area (Å²) in [6.07, 6.45) is 10.9. The molecule has 0 amide bonds. The second-order valence-corrected chi connectivity index (χ2v) is 7.62. The Kier molecular flexibility index (Phi) is 9.00. The van der Waals surface area contributed by atoms with Crippen molar-refractivity contribution in [2.75, 3.05) is 11.9 Å². The van der Waals surface area contributed by atoms with Crippen molar-refractivity contribution in [1.29, 1.82) is 0 Å². The molecule has 0 radical (unpaired) electrons. The Morgan fingerprint density at radius 1 is 1.04 bits per heavy atom. The quantitative estimate of drug-likeness (QED) is 0.433. The van der Waals surface area contributed by atoms with Crippen molar-refractivity contribution in [2.45, 2.75) is 58.4 Å². The molecule has 0 spiro atoms. The highest BCUT2D eigenvalue weighted by atomic mass is 35.5. The van der Waals surface area contributed by atoms with E-state index < -0.39 is 0 Å². The van der Waals surface area contributed by atoms with Crippen LogP contribution in [0.5, 0.6) is 5.75 Å². The lowest BCUT2D eigenvalue weighted by molar-refractivity contribution is 0.304. The molecule has 0 saturated carbocycles. The summed E-state index contributed by atoms with van der Waals surface area (Å²) in [4.78, 5) is 5.16. The fourth-order valence-electron chi connectivity index (χ4n) is 2.47. The number of unbranched alkanes of at least 4 members (excludes halogenated alkanes) is 6. The van der Waals surface area contributed by atoms with Crippen LogP contribution in [0.15, 0.2) is 30.5 Å². The molecule has 0 fully saturated rings. The second kappa shape index (κ2) is 11.3. The molecule has 0 atom stereocenters. The number of benzene rings is 1. The summed E-state index contributed by atoms with van der Waals surface area (Å²) in [7, 11) is 0. The minimum atomic E-state index is 0.584. The third-order valence-corrected chi connectivity index (χ3v) is 4.98. The van der Waals surface area contributed by atoms with Crippen molar-refractivity contribution in [1.82, 2.24) is 4.98 Å². The summed E-state index contributed by atoms with van der Waals surface area (Å²) in [6, 6.07) is 8.12. The van der Waals surface area contributed by atoms with Crippen molar-refractivity contribution in [3.05, 3.63) is 39.8 Å². The zero-order chi connectivity index (χ0) is 17.0. The molecule has 3 nitrogen and oxygen atoms in total. The highest BCUT2D eigenvalue weighted by Gasteiger charge is 2.00. The number of anilines is 1. The van der Waals surface area contributed by atoms with E-state index in [2.05, 4.69) is 17.2 Å². The first-order chi connectivity index (χ1) is 11.8. The molecule has 1 N–H and O–H groups in total. The highest BCUT2D eigenvalue weighted by molar-refractivity contribution is 7.15. The van der Waals surface area contributed by atoms with Crippen LogP contribution in [0.4, 0.5) is 5.69 Å². The number of aromatic nitrogens is 1. The standard InChI is InChI=1S/C19H27ClN2OS/c1-2-3-4-5-6-7-8-13-23-17-11-9-16(10-12-17)21-14-18-15-22-19(20)24-18/h9-12,15,21H,2-8,13-14H2,1H3. The molecule has 0 aliphatic carbocycles. The Bertz CT molecular complexity index is 571. The van der Waals surface area contributed by atoms with E-state index in [9.17, 15) is 0 Å². The Hall–Kier alpha value is -1.26. The molecule has 1 aromatic heterocycles. The topological polar surface area (TPSA) is 34.1 Å². The van der Waals surface area contributed by atoms with E-state index in [-0.39, 0.29) is 0 Å². The first-order valence-electron chi connectivity index (χ1n) is 8.85. The molecule has 1 heterocycles. The van der Waals surface area contributed by atoms with Crippen molar-refractivity contribution >= 4 is 28.6 Å². The van der Waals surface area contributed by atoms with Gasteiger partial charge in [0.05, 0.1) is 13.2 Å². The minimum absolute atomic E-state index is 0.584. The van der Waals surface area contributed by atoms with Gasteiger partial charge in [0.15, 0.2) is 4.47 Å². The molecule has 0 aliphatic heterocycles. The number of thiazole rings is 1. The maximum absolute atomic E-state index is 5.83. The van der Waals surface area contributed by atoms with Crippen LogP contribution in [0.3, 0.4) is 0 Å². The Morgan fingerprint density at radius 3 is 2.42 bits per heavy atom. The van der Waals surface area contributed by atoms with Crippen molar-refractivity contribution in [2.24, 2.45) is 0 Å². The Balaban J connectivity index is 1.58. The van der Waals surface area contributed by atoms with Gasteiger partial charge in [-0.1, -0.05) is 57.0 Å². The molecule has 0 aliphatic rings. The van der Waals surface area contributed by atoms with Gasteiger partial charge in [-0.15, -0.1) is 11.3 Å². The first kappa shape index (κ1) is 19.1. The van der Waals surface area contributed by atoms with E-state index in [4.69, 9.17) is 16.3 Å². The summed E-state index contributed by atoms with van der Waals surface area (Å²) in [5.41, 5.74) is 1.07. The van der Waals surface area contributed by atoms with Gasteiger partial charge in [0.2, 0.25) is 0 Å². The van der Waals surface area contributed by atoms with E-state index in [1.54, 1.807) is 6.20 Å². The lowest BCUT2D eigenvalue weighted by Gasteiger charge is -2.08. The second-order valence-electron chi connectivity index (χ2n) is 5.93. The summed E-state index contributed by atoms with van der Waals surface area (Å²) in [5, 5.41) is 3.36. The monoisotopic (exact) mass is 366 g/mol. The fourth-order valence-corrected chi connectivity index (χ4v) is 3.39. The van der Waals surface area contributed by atoms with Crippen LogP contribution >= 0.6 is 22.9 Å². The average Bonchev–Trinajstić information content (AvgIpc) is 3.02. The zero-order valence-corrected chi connectivity index (χ0v) is 16.0. The number of halogens is 1. The molecular formula is C19H27ClN2OS. The van der Waals surface area contributed by atoms with Crippen LogP contribution in [0.1, 0.15) is 56.7 Å². The predicted molar refractivity (Wildman–Crippen MR) is 104 cm³/mol. The molecule has 24 heavy (non-hydrogen) atoms. The number of rotatable bonds is 12. The summed E-state index contributed by atoms with van der Waals surface area (Å²) < 4.78 is 6.39. The molecule has 2 aromatic rings. The maximum Gasteiger partial charge on any atom is 0.183 e. The van der Waals surface area contributed by atoms with E-state index in [0.29, 0.717) is 4.47 Å². The van der Waals surface area contributed by atoms with E-state index in [1.165, 1.54) is 49.9 Å². The van der Waals surface area contributed by atoms with Crippen molar-refractivity contribution in [3.63, 3.8) is 0 Å². The molecule has 5 heteroatoms. The van der Waals surface area contributed by atoms with E-state index in [0.717, 1.165) is 35.9 Å². The molecule has 0 bridgehead atoms. The van der Waals surface area contributed by atoms with Gasteiger partial charge in [-0.25, -0.2) is 4.98 Å². The third kappa shape index (κ3) is 7.54. The third-order valence-electron chi connectivity index (χ3n) is 3.86. The van der Waals surface area contributed by atoms with Gasteiger partial charge in [-0.05, 0) is 30.7 Å². The van der Waals surface area contributed by atoms with Crippen molar-refractivity contribution in [3.8, 4) is 5.75 Å². The lowest BCUT2D eigenvalue weighted by Crippen LogP contribution is -1.99. The molecular weight excluding hydrogens is 340 g/mol. The van der Waals surface area contributed by atoms with Gasteiger partial charge < -0.3 is 10.1 Å². The van der Waals surface area contributed by atoms with Crippen LogP contribution in [-0.2, 0) is 6.54 Å². The van der Waals surface area contributed by atoms with Gasteiger partial charge in [-0.2, -0.15) is 0 Å². The number of nitrogens with zero attached hydrogens (tertiary/aromatic N) is 1. The number of ether oxygens (including phenoxy) is 1. The average molecular weight is 367 g/mol. The SMILES string of the molecule is CCCCCCCCCOc1ccc(NCc2cnc(Cl)s2)cc1. The summed E-state index contributed by atoms with van der Waals surface area (Å²) in [5.74, 6) is 0.937. The normalized spacial score (nSPS) is 10.8. The summed E-state index contributed by atoms with van der Waals surface area (Å²) in [6.45, 7) is 3.80. The van der Waals surface area contributed by atoms with Gasteiger partial charge in [0, 0.05) is 16.8 Å². The van der Waals surface area contributed by atoms with Gasteiger partial charge in [-0.3, -0.25) is 0 Å². The lowest BCUT2D eigenvalue weighted by atomic mass is 10.1. The molecule has 0 unspecified atom stereocenters. The van der Waals surface area contributed by atoms with Crippen LogP contribution < -0.4 is 10.1 Å². The molecule has 132 valence electrons. The number of nitrogens with one attached hydrogen (secondary N) is 1. The number of hydrogen-bond acceptors (Lipinski definition) is 4. The van der Waals surface area contributed by atoms with Crippen LogP contribution in [-0.4, -0.2) is 11.6 Å². The minimum Gasteiger partial charge on any atom is -0.494 e. The summed E-state index contributed by atoms with van der Waals surface area (Å²) >= 11 is 7.33.